The molecule has 2 rings (SSSR count). The molecule has 1 fully saturated rings. The smallest absolute Gasteiger partial charge is 0.240 e. The van der Waals surface area contributed by atoms with Gasteiger partial charge in [-0.3, -0.25) is 4.90 Å². The summed E-state index contributed by atoms with van der Waals surface area (Å²) >= 11 is 0. The first kappa shape index (κ1) is 15.4. The molecule has 1 aromatic heterocycles. The molecular formula is C14H25N3O3. The first-order valence-corrected chi connectivity index (χ1v) is 7.11. The maximum atomic E-state index is 5.99. The minimum atomic E-state index is -0.192. The van der Waals surface area contributed by atoms with Gasteiger partial charge >= 0.3 is 0 Å². The van der Waals surface area contributed by atoms with Gasteiger partial charge in [0.2, 0.25) is 5.89 Å². The van der Waals surface area contributed by atoms with Gasteiger partial charge in [0.25, 0.3) is 0 Å². The number of rotatable bonds is 5. The maximum absolute atomic E-state index is 5.99. The van der Waals surface area contributed by atoms with E-state index in [2.05, 4.69) is 42.7 Å². The Labute approximate surface area is 120 Å². The zero-order chi connectivity index (χ0) is 14.8. The number of hydrogen-bond acceptors (Lipinski definition) is 6. The third-order valence-corrected chi connectivity index (χ3v) is 3.26. The summed E-state index contributed by atoms with van der Waals surface area (Å²) in [6.45, 7) is 11.2. The SMILES string of the molecule is COCC1CN(Cc2nc(C(C)C)no2)CC(C)(C)O1. The van der Waals surface area contributed by atoms with Crippen molar-refractivity contribution in [2.24, 2.45) is 0 Å². The third kappa shape index (κ3) is 4.01. The van der Waals surface area contributed by atoms with E-state index in [1.165, 1.54) is 0 Å². The summed E-state index contributed by atoms with van der Waals surface area (Å²) in [5, 5.41) is 4.00. The highest BCUT2D eigenvalue weighted by molar-refractivity contribution is 4.93. The van der Waals surface area contributed by atoms with Crippen molar-refractivity contribution < 1.29 is 14.0 Å². The fourth-order valence-corrected chi connectivity index (χ4v) is 2.57. The Morgan fingerprint density at radius 1 is 1.45 bits per heavy atom. The Kier molecular flexibility index (Phi) is 4.78. The van der Waals surface area contributed by atoms with Crippen LogP contribution in [0.1, 0.15) is 45.3 Å². The van der Waals surface area contributed by atoms with E-state index < -0.39 is 0 Å². The fourth-order valence-electron chi connectivity index (χ4n) is 2.57. The van der Waals surface area contributed by atoms with Crippen LogP contribution >= 0.6 is 0 Å². The molecule has 0 N–H and O–H groups in total. The van der Waals surface area contributed by atoms with Gasteiger partial charge in [-0.1, -0.05) is 19.0 Å². The third-order valence-electron chi connectivity index (χ3n) is 3.26. The first-order valence-electron chi connectivity index (χ1n) is 7.11. The average molecular weight is 283 g/mol. The quantitative estimate of drug-likeness (QED) is 0.821. The van der Waals surface area contributed by atoms with Crippen molar-refractivity contribution in [1.82, 2.24) is 15.0 Å². The lowest BCUT2D eigenvalue weighted by Gasteiger charge is -2.42. The van der Waals surface area contributed by atoms with Crippen LogP contribution in [-0.4, -0.2) is 53.6 Å². The van der Waals surface area contributed by atoms with E-state index in [1.54, 1.807) is 7.11 Å². The predicted molar refractivity (Wildman–Crippen MR) is 74.5 cm³/mol. The molecule has 0 bridgehead atoms. The minimum Gasteiger partial charge on any atom is -0.382 e. The fraction of sp³-hybridized carbons (Fsp3) is 0.857. The van der Waals surface area contributed by atoms with Crippen molar-refractivity contribution >= 4 is 0 Å². The van der Waals surface area contributed by atoms with Gasteiger partial charge in [0.15, 0.2) is 5.82 Å². The van der Waals surface area contributed by atoms with Crippen LogP contribution < -0.4 is 0 Å². The molecule has 20 heavy (non-hydrogen) atoms. The zero-order valence-electron chi connectivity index (χ0n) is 13.0. The van der Waals surface area contributed by atoms with E-state index in [-0.39, 0.29) is 17.6 Å². The summed E-state index contributed by atoms with van der Waals surface area (Å²) < 4.78 is 16.5. The molecule has 0 radical (unpaired) electrons. The molecule has 1 atom stereocenters. The standard InChI is InChI=1S/C14H25N3O3/c1-10(2)13-15-12(20-16-13)7-17-6-11(8-18-5)19-14(3,4)9-17/h10-11H,6-9H2,1-5H3. The van der Waals surface area contributed by atoms with Gasteiger partial charge in [-0.2, -0.15) is 4.98 Å². The molecule has 0 saturated carbocycles. The molecule has 0 amide bonds. The topological polar surface area (TPSA) is 60.6 Å². The van der Waals surface area contributed by atoms with E-state index >= 15 is 0 Å². The van der Waals surface area contributed by atoms with Crippen LogP contribution in [0.25, 0.3) is 0 Å². The van der Waals surface area contributed by atoms with Crippen LogP contribution in [0.5, 0.6) is 0 Å². The number of hydrogen-bond donors (Lipinski definition) is 0. The Bertz CT molecular complexity index is 431. The van der Waals surface area contributed by atoms with Crippen LogP contribution in [0, 0.1) is 0 Å². The molecule has 1 saturated heterocycles. The van der Waals surface area contributed by atoms with Gasteiger partial charge in [-0.15, -0.1) is 0 Å². The van der Waals surface area contributed by atoms with E-state index in [9.17, 15) is 0 Å². The van der Waals surface area contributed by atoms with Gasteiger partial charge in [-0.25, -0.2) is 0 Å². The van der Waals surface area contributed by atoms with Crippen LogP contribution in [0.3, 0.4) is 0 Å². The van der Waals surface area contributed by atoms with Crippen molar-refractivity contribution in [1.29, 1.82) is 0 Å². The highest BCUT2D eigenvalue weighted by Crippen LogP contribution is 2.22. The Balaban J connectivity index is 1.99. The molecule has 0 spiro atoms. The first-order chi connectivity index (χ1) is 9.39. The van der Waals surface area contributed by atoms with Crippen LogP contribution in [0.4, 0.5) is 0 Å². The summed E-state index contributed by atoms with van der Waals surface area (Å²) in [7, 11) is 1.70. The summed E-state index contributed by atoms with van der Waals surface area (Å²) in [5.41, 5.74) is -0.192. The van der Waals surface area contributed by atoms with E-state index in [1.807, 2.05) is 0 Å². The van der Waals surface area contributed by atoms with Crippen molar-refractivity contribution in [2.75, 3.05) is 26.8 Å². The minimum absolute atomic E-state index is 0.0799. The van der Waals surface area contributed by atoms with Crippen LogP contribution in [-0.2, 0) is 16.0 Å². The number of methoxy groups -OCH3 is 1. The summed E-state index contributed by atoms with van der Waals surface area (Å²) in [4.78, 5) is 6.71. The molecule has 1 unspecified atom stereocenters. The summed E-state index contributed by atoms with van der Waals surface area (Å²) in [5.74, 6) is 1.72. The summed E-state index contributed by atoms with van der Waals surface area (Å²) in [6.07, 6.45) is 0.0799. The number of nitrogens with zero attached hydrogens (tertiary/aromatic N) is 3. The molecule has 114 valence electrons. The van der Waals surface area contributed by atoms with Crippen LogP contribution in [0.15, 0.2) is 4.52 Å². The molecule has 1 aliphatic rings. The molecule has 1 aliphatic heterocycles. The molecule has 6 heteroatoms. The van der Waals surface area contributed by atoms with Crippen molar-refractivity contribution in [3.05, 3.63) is 11.7 Å². The number of ether oxygens (including phenoxy) is 2. The van der Waals surface area contributed by atoms with Crippen LogP contribution in [0.2, 0.25) is 0 Å². The number of morpholine rings is 1. The normalized spacial score (nSPS) is 23.4. The Hall–Kier alpha value is -0.980. The lowest BCUT2D eigenvalue weighted by molar-refractivity contribution is -0.155. The second-order valence-corrected chi connectivity index (χ2v) is 6.33. The Morgan fingerprint density at radius 3 is 2.80 bits per heavy atom. The highest BCUT2D eigenvalue weighted by Gasteiger charge is 2.34. The highest BCUT2D eigenvalue weighted by atomic mass is 16.5. The van der Waals surface area contributed by atoms with Gasteiger partial charge in [0.1, 0.15) is 0 Å². The molecule has 2 heterocycles. The lowest BCUT2D eigenvalue weighted by Crippen LogP contribution is -2.53. The lowest BCUT2D eigenvalue weighted by atomic mass is 10.1. The second kappa shape index (κ2) is 6.20. The van der Waals surface area contributed by atoms with Gasteiger partial charge in [0, 0.05) is 26.1 Å². The van der Waals surface area contributed by atoms with Crippen molar-refractivity contribution in [2.45, 2.75) is 51.9 Å². The number of aromatic nitrogens is 2. The van der Waals surface area contributed by atoms with Crippen molar-refractivity contribution in [3.63, 3.8) is 0 Å². The van der Waals surface area contributed by atoms with E-state index in [0.717, 1.165) is 18.9 Å². The van der Waals surface area contributed by atoms with Gasteiger partial charge in [-0.05, 0) is 13.8 Å². The zero-order valence-corrected chi connectivity index (χ0v) is 13.0. The maximum Gasteiger partial charge on any atom is 0.240 e. The largest absolute Gasteiger partial charge is 0.382 e. The van der Waals surface area contributed by atoms with E-state index in [0.29, 0.717) is 19.0 Å². The predicted octanol–water partition coefficient (Wildman–Crippen LogP) is 1.82. The average Bonchev–Trinajstić information content (AvgIpc) is 2.75. The molecular weight excluding hydrogens is 258 g/mol. The molecule has 6 nitrogen and oxygen atoms in total. The van der Waals surface area contributed by atoms with Crippen molar-refractivity contribution in [3.8, 4) is 0 Å². The monoisotopic (exact) mass is 283 g/mol. The van der Waals surface area contributed by atoms with Gasteiger partial charge in [0.05, 0.1) is 24.9 Å². The molecule has 1 aromatic rings. The van der Waals surface area contributed by atoms with E-state index in [4.69, 9.17) is 14.0 Å². The summed E-state index contributed by atoms with van der Waals surface area (Å²) in [6, 6.07) is 0. The molecule has 0 aromatic carbocycles. The Morgan fingerprint density at radius 2 is 2.20 bits per heavy atom. The second-order valence-electron chi connectivity index (χ2n) is 6.33. The van der Waals surface area contributed by atoms with Gasteiger partial charge < -0.3 is 14.0 Å². The molecule has 0 aliphatic carbocycles.